The summed E-state index contributed by atoms with van der Waals surface area (Å²) in [5.41, 5.74) is 2.53. The van der Waals surface area contributed by atoms with E-state index in [1.165, 1.54) is 0 Å². The van der Waals surface area contributed by atoms with Gasteiger partial charge >= 0.3 is 0 Å². The lowest BCUT2D eigenvalue weighted by molar-refractivity contribution is 0.0971. The third-order valence-corrected chi connectivity index (χ3v) is 4.26. The number of H-pyrrole nitrogens is 1. The number of ketones is 1. The molecule has 4 aromatic rings. The van der Waals surface area contributed by atoms with Crippen LogP contribution in [0.1, 0.15) is 22.0 Å². The van der Waals surface area contributed by atoms with Gasteiger partial charge in [-0.05, 0) is 11.6 Å². The Kier molecular flexibility index (Phi) is 3.82. The molecule has 5 nitrogen and oxygen atoms in total. The van der Waals surface area contributed by atoms with Gasteiger partial charge in [-0.3, -0.25) is 9.48 Å². The highest BCUT2D eigenvalue weighted by Gasteiger charge is 2.24. The SMILES string of the molecule is Cn1ccc(N[C@H](C(=O)c2c[nH]c3ccccc23)c2ccccc2)n1. The topological polar surface area (TPSA) is 62.7 Å². The minimum atomic E-state index is -0.504. The summed E-state index contributed by atoms with van der Waals surface area (Å²) in [5.74, 6) is 0.679. The van der Waals surface area contributed by atoms with Crippen molar-refractivity contribution in [2.24, 2.45) is 7.05 Å². The Morgan fingerprint density at radius 2 is 1.84 bits per heavy atom. The number of carbonyl (C=O) groups excluding carboxylic acids is 1. The van der Waals surface area contributed by atoms with E-state index in [1.54, 1.807) is 10.9 Å². The maximum atomic E-state index is 13.3. The van der Waals surface area contributed by atoms with Crippen molar-refractivity contribution in [1.29, 1.82) is 0 Å². The second-order valence-electron chi connectivity index (χ2n) is 5.97. The van der Waals surface area contributed by atoms with Crippen molar-refractivity contribution in [3.05, 3.63) is 84.2 Å². The molecule has 2 aromatic heterocycles. The average Bonchev–Trinajstić information content (AvgIpc) is 3.26. The first kappa shape index (κ1) is 15.2. The lowest BCUT2D eigenvalue weighted by Gasteiger charge is -2.17. The van der Waals surface area contributed by atoms with Crippen LogP contribution < -0.4 is 5.32 Å². The zero-order valence-corrected chi connectivity index (χ0v) is 13.8. The fourth-order valence-electron chi connectivity index (χ4n) is 3.02. The van der Waals surface area contributed by atoms with Gasteiger partial charge in [0, 0.05) is 42.0 Å². The van der Waals surface area contributed by atoms with E-state index < -0.39 is 6.04 Å². The zero-order valence-electron chi connectivity index (χ0n) is 13.8. The van der Waals surface area contributed by atoms with Crippen LogP contribution in [0.4, 0.5) is 5.82 Å². The first-order chi connectivity index (χ1) is 12.2. The molecule has 0 aliphatic rings. The van der Waals surface area contributed by atoms with Gasteiger partial charge in [-0.15, -0.1) is 0 Å². The van der Waals surface area contributed by atoms with E-state index in [-0.39, 0.29) is 5.78 Å². The number of benzene rings is 2. The molecule has 0 saturated carbocycles. The first-order valence-electron chi connectivity index (χ1n) is 8.14. The highest BCUT2D eigenvalue weighted by molar-refractivity contribution is 6.11. The van der Waals surface area contributed by atoms with Crippen LogP contribution in [0.15, 0.2) is 73.1 Å². The van der Waals surface area contributed by atoms with Crippen LogP contribution in [-0.2, 0) is 7.05 Å². The Bertz CT molecular complexity index is 1020. The van der Waals surface area contributed by atoms with Gasteiger partial charge in [0.2, 0.25) is 0 Å². The molecule has 0 amide bonds. The molecule has 0 unspecified atom stereocenters. The van der Waals surface area contributed by atoms with E-state index in [9.17, 15) is 4.79 Å². The number of aromatic amines is 1. The van der Waals surface area contributed by atoms with Gasteiger partial charge in [-0.2, -0.15) is 5.10 Å². The minimum Gasteiger partial charge on any atom is -0.360 e. The number of anilines is 1. The molecular formula is C20H18N4O. The lowest BCUT2D eigenvalue weighted by atomic mass is 9.97. The fraction of sp³-hybridized carbons (Fsp3) is 0.100. The van der Waals surface area contributed by atoms with E-state index in [2.05, 4.69) is 15.4 Å². The molecule has 2 N–H and O–H groups in total. The second-order valence-corrected chi connectivity index (χ2v) is 5.97. The van der Waals surface area contributed by atoms with Gasteiger partial charge in [-0.1, -0.05) is 48.5 Å². The third-order valence-electron chi connectivity index (χ3n) is 4.26. The maximum absolute atomic E-state index is 13.3. The Balaban J connectivity index is 1.75. The molecule has 5 heteroatoms. The number of hydrogen-bond acceptors (Lipinski definition) is 3. The Hall–Kier alpha value is -3.34. The molecule has 0 aliphatic heterocycles. The third kappa shape index (κ3) is 2.92. The Morgan fingerprint density at radius 1 is 1.08 bits per heavy atom. The molecule has 4 rings (SSSR count). The summed E-state index contributed by atoms with van der Waals surface area (Å²) in [4.78, 5) is 16.5. The van der Waals surface area contributed by atoms with E-state index in [4.69, 9.17) is 0 Å². The molecule has 0 bridgehead atoms. The van der Waals surface area contributed by atoms with Crippen LogP contribution in [0.2, 0.25) is 0 Å². The van der Waals surface area contributed by atoms with Crippen molar-refractivity contribution >= 4 is 22.5 Å². The van der Waals surface area contributed by atoms with Crippen molar-refractivity contribution in [3.63, 3.8) is 0 Å². The summed E-state index contributed by atoms with van der Waals surface area (Å²) in [7, 11) is 1.85. The van der Waals surface area contributed by atoms with E-state index >= 15 is 0 Å². The number of nitrogens with one attached hydrogen (secondary N) is 2. The van der Waals surface area contributed by atoms with Crippen molar-refractivity contribution in [3.8, 4) is 0 Å². The normalized spacial score (nSPS) is 12.2. The van der Waals surface area contributed by atoms with E-state index in [1.807, 2.05) is 73.9 Å². The smallest absolute Gasteiger partial charge is 0.191 e. The number of rotatable bonds is 5. The predicted molar refractivity (Wildman–Crippen MR) is 98.6 cm³/mol. The number of hydrogen-bond donors (Lipinski definition) is 2. The monoisotopic (exact) mass is 330 g/mol. The summed E-state index contributed by atoms with van der Waals surface area (Å²) >= 11 is 0. The first-order valence-corrected chi connectivity index (χ1v) is 8.14. The molecule has 0 radical (unpaired) electrons. The molecule has 25 heavy (non-hydrogen) atoms. The van der Waals surface area contributed by atoms with Crippen molar-refractivity contribution in [2.75, 3.05) is 5.32 Å². The number of nitrogens with zero attached hydrogens (tertiary/aromatic N) is 2. The molecule has 0 fully saturated rings. The van der Waals surface area contributed by atoms with Crippen LogP contribution in [0.25, 0.3) is 10.9 Å². The van der Waals surface area contributed by atoms with Crippen molar-refractivity contribution in [1.82, 2.24) is 14.8 Å². The molecule has 0 aliphatic carbocycles. The summed E-state index contributed by atoms with van der Waals surface area (Å²) in [6, 6.07) is 18.9. The summed E-state index contributed by atoms with van der Waals surface area (Å²) in [5, 5.41) is 8.55. The zero-order chi connectivity index (χ0) is 17.2. The van der Waals surface area contributed by atoms with Crippen LogP contribution >= 0.6 is 0 Å². The quantitative estimate of drug-likeness (QED) is 0.545. The summed E-state index contributed by atoms with van der Waals surface area (Å²) in [6.07, 6.45) is 3.63. The number of Topliss-reactive ketones (excluding diaryl/α,β-unsaturated/α-hetero) is 1. The molecule has 0 spiro atoms. The standard InChI is InChI=1S/C20H18N4O/c1-24-12-11-18(23-24)22-19(14-7-3-2-4-8-14)20(25)16-13-21-17-10-6-5-9-15(16)17/h2-13,19,21H,1H3,(H,22,23)/t19-/m0/s1. The van der Waals surface area contributed by atoms with Gasteiger partial charge < -0.3 is 10.3 Å². The average molecular weight is 330 g/mol. The lowest BCUT2D eigenvalue weighted by Crippen LogP contribution is -2.21. The summed E-state index contributed by atoms with van der Waals surface area (Å²) in [6.45, 7) is 0. The minimum absolute atomic E-state index is 0.00861. The van der Waals surface area contributed by atoms with Crippen LogP contribution in [0.5, 0.6) is 0 Å². The largest absolute Gasteiger partial charge is 0.360 e. The molecule has 2 heterocycles. The Morgan fingerprint density at radius 3 is 2.60 bits per heavy atom. The molecule has 124 valence electrons. The number of carbonyl (C=O) groups is 1. The fourth-order valence-corrected chi connectivity index (χ4v) is 3.02. The van der Waals surface area contributed by atoms with Gasteiger partial charge in [0.15, 0.2) is 5.78 Å². The number of para-hydroxylation sites is 1. The van der Waals surface area contributed by atoms with E-state index in [0.29, 0.717) is 11.4 Å². The van der Waals surface area contributed by atoms with Gasteiger partial charge in [0.25, 0.3) is 0 Å². The molecular weight excluding hydrogens is 312 g/mol. The van der Waals surface area contributed by atoms with Gasteiger partial charge in [0.05, 0.1) is 0 Å². The van der Waals surface area contributed by atoms with Gasteiger partial charge in [-0.25, -0.2) is 0 Å². The highest BCUT2D eigenvalue weighted by Crippen LogP contribution is 2.27. The number of aryl methyl sites for hydroxylation is 1. The van der Waals surface area contributed by atoms with E-state index in [0.717, 1.165) is 16.5 Å². The Labute approximate surface area is 145 Å². The predicted octanol–water partition coefficient (Wildman–Crippen LogP) is 3.94. The van der Waals surface area contributed by atoms with Crippen molar-refractivity contribution < 1.29 is 4.79 Å². The summed E-state index contributed by atoms with van der Waals surface area (Å²) < 4.78 is 1.71. The van der Waals surface area contributed by atoms with Gasteiger partial charge in [0.1, 0.15) is 11.9 Å². The second kappa shape index (κ2) is 6.28. The number of aromatic nitrogens is 3. The van der Waals surface area contributed by atoms with Crippen molar-refractivity contribution in [2.45, 2.75) is 6.04 Å². The van der Waals surface area contributed by atoms with Crippen LogP contribution in [0.3, 0.4) is 0 Å². The van der Waals surface area contributed by atoms with Crippen LogP contribution in [-0.4, -0.2) is 20.5 Å². The molecule has 1 atom stereocenters. The highest BCUT2D eigenvalue weighted by atomic mass is 16.1. The maximum Gasteiger partial charge on any atom is 0.191 e. The molecule has 0 saturated heterocycles. The van der Waals surface area contributed by atoms with Crippen LogP contribution in [0, 0.1) is 0 Å². The molecule has 2 aromatic carbocycles. The number of fused-ring (bicyclic) bond motifs is 1.